The highest BCUT2D eigenvalue weighted by Crippen LogP contribution is 2.30. The van der Waals surface area contributed by atoms with Gasteiger partial charge in [0, 0.05) is 42.8 Å². The first-order valence-corrected chi connectivity index (χ1v) is 10.1. The minimum atomic E-state index is -0.351. The summed E-state index contributed by atoms with van der Waals surface area (Å²) in [5, 5.41) is 3.26. The van der Waals surface area contributed by atoms with Crippen LogP contribution in [0.1, 0.15) is 34.6 Å². The predicted octanol–water partition coefficient (Wildman–Crippen LogP) is 4.87. The molecule has 0 atom stereocenters. The SMILES string of the molecule is CCN(CC)C(=O)c1ccc(NC(=O)c2cc(Cl)c(-n3cccc3)cc2OC)cc1. The van der Waals surface area contributed by atoms with Gasteiger partial charge < -0.3 is 19.5 Å². The van der Waals surface area contributed by atoms with Gasteiger partial charge in [-0.25, -0.2) is 0 Å². The van der Waals surface area contributed by atoms with Gasteiger partial charge in [-0.2, -0.15) is 0 Å². The highest BCUT2D eigenvalue weighted by Gasteiger charge is 2.17. The molecule has 0 saturated carbocycles. The highest BCUT2D eigenvalue weighted by atomic mass is 35.5. The molecule has 0 unspecified atom stereocenters. The number of carbonyl (C=O) groups is 2. The van der Waals surface area contributed by atoms with Crippen molar-refractivity contribution in [1.82, 2.24) is 9.47 Å². The molecule has 0 aliphatic rings. The lowest BCUT2D eigenvalue weighted by molar-refractivity contribution is 0.0773. The van der Waals surface area contributed by atoms with Crippen LogP contribution in [0.4, 0.5) is 5.69 Å². The number of hydrogen-bond donors (Lipinski definition) is 1. The molecule has 30 heavy (non-hydrogen) atoms. The number of anilines is 1. The summed E-state index contributed by atoms with van der Waals surface area (Å²) in [6.07, 6.45) is 3.73. The molecule has 1 N–H and O–H groups in total. The van der Waals surface area contributed by atoms with Crippen molar-refractivity contribution in [3.63, 3.8) is 0 Å². The Balaban J connectivity index is 1.80. The molecule has 0 fully saturated rings. The summed E-state index contributed by atoms with van der Waals surface area (Å²) in [5.41, 5.74) is 2.19. The lowest BCUT2D eigenvalue weighted by Gasteiger charge is -2.18. The van der Waals surface area contributed by atoms with Crippen LogP contribution in [0.3, 0.4) is 0 Å². The van der Waals surface area contributed by atoms with Gasteiger partial charge in [-0.05, 0) is 56.3 Å². The van der Waals surface area contributed by atoms with Gasteiger partial charge in [0.15, 0.2) is 0 Å². The molecule has 156 valence electrons. The van der Waals surface area contributed by atoms with E-state index in [1.54, 1.807) is 41.3 Å². The van der Waals surface area contributed by atoms with Gasteiger partial charge in [0.05, 0.1) is 23.4 Å². The van der Waals surface area contributed by atoms with E-state index < -0.39 is 0 Å². The van der Waals surface area contributed by atoms with Crippen molar-refractivity contribution in [3.8, 4) is 11.4 Å². The van der Waals surface area contributed by atoms with Crippen LogP contribution in [-0.4, -0.2) is 41.5 Å². The number of nitrogens with zero attached hydrogens (tertiary/aromatic N) is 2. The van der Waals surface area contributed by atoms with E-state index >= 15 is 0 Å². The van der Waals surface area contributed by atoms with Crippen molar-refractivity contribution in [2.24, 2.45) is 0 Å². The minimum Gasteiger partial charge on any atom is -0.496 e. The average molecular weight is 426 g/mol. The fourth-order valence-electron chi connectivity index (χ4n) is 3.17. The summed E-state index contributed by atoms with van der Waals surface area (Å²) >= 11 is 6.41. The van der Waals surface area contributed by atoms with Gasteiger partial charge in [0.2, 0.25) is 0 Å². The number of amides is 2. The molecule has 2 amide bonds. The van der Waals surface area contributed by atoms with Crippen molar-refractivity contribution >= 4 is 29.1 Å². The van der Waals surface area contributed by atoms with E-state index in [-0.39, 0.29) is 11.8 Å². The maximum atomic E-state index is 12.8. The van der Waals surface area contributed by atoms with Crippen LogP contribution < -0.4 is 10.1 Å². The molecule has 0 bridgehead atoms. The smallest absolute Gasteiger partial charge is 0.259 e. The third-order valence-electron chi connectivity index (χ3n) is 4.84. The zero-order chi connectivity index (χ0) is 21.7. The van der Waals surface area contributed by atoms with Gasteiger partial charge in [0.1, 0.15) is 5.75 Å². The zero-order valence-corrected chi connectivity index (χ0v) is 17.9. The zero-order valence-electron chi connectivity index (χ0n) is 17.2. The summed E-state index contributed by atoms with van der Waals surface area (Å²) in [6.45, 7) is 5.17. The normalized spacial score (nSPS) is 10.5. The number of carbonyl (C=O) groups excluding carboxylic acids is 2. The number of benzene rings is 2. The third kappa shape index (κ3) is 4.49. The predicted molar refractivity (Wildman–Crippen MR) is 119 cm³/mol. The second-order valence-electron chi connectivity index (χ2n) is 6.60. The van der Waals surface area contributed by atoms with E-state index in [4.69, 9.17) is 16.3 Å². The minimum absolute atomic E-state index is 0.0353. The number of aromatic nitrogens is 1. The molecule has 2 aromatic carbocycles. The highest BCUT2D eigenvalue weighted by molar-refractivity contribution is 6.33. The molecule has 6 nitrogen and oxygen atoms in total. The van der Waals surface area contributed by atoms with Crippen molar-refractivity contribution in [2.45, 2.75) is 13.8 Å². The van der Waals surface area contributed by atoms with Crippen molar-refractivity contribution in [1.29, 1.82) is 0 Å². The lowest BCUT2D eigenvalue weighted by atomic mass is 10.1. The van der Waals surface area contributed by atoms with Gasteiger partial charge in [-0.3, -0.25) is 9.59 Å². The molecule has 0 saturated heterocycles. The van der Waals surface area contributed by atoms with E-state index in [9.17, 15) is 9.59 Å². The molecule has 0 aliphatic carbocycles. The monoisotopic (exact) mass is 425 g/mol. The number of nitrogens with one attached hydrogen (secondary N) is 1. The number of ether oxygens (including phenoxy) is 1. The van der Waals surface area contributed by atoms with Crippen LogP contribution in [-0.2, 0) is 0 Å². The first kappa shape index (κ1) is 21.5. The van der Waals surface area contributed by atoms with Gasteiger partial charge in [-0.1, -0.05) is 11.6 Å². The van der Waals surface area contributed by atoms with Crippen LogP contribution in [0.25, 0.3) is 5.69 Å². The van der Waals surface area contributed by atoms with Crippen LogP contribution in [0.5, 0.6) is 5.75 Å². The topological polar surface area (TPSA) is 63.6 Å². The van der Waals surface area contributed by atoms with E-state index in [1.165, 1.54) is 7.11 Å². The third-order valence-corrected chi connectivity index (χ3v) is 5.14. The fraction of sp³-hybridized carbons (Fsp3) is 0.217. The Morgan fingerprint density at radius 2 is 1.70 bits per heavy atom. The molecule has 0 aliphatic heterocycles. The van der Waals surface area contributed by atoms with Crippen molar-refractivity contribution < 1.29 is 14.3 Å². The molecule has 3 rings (SSSR count). The van der Waals surface area contributed by atoms with E-state index in [0.29, 0.717) is 46.4 Å². The van der Waals surface area contributed by atoms with Crippen molar-refractivity contribution in [3.05, 3.63) is 77.1 Å². The molecular formula is C23H24ClN3O3. The largest absolute Gasteiger partial charge is 0.496 e. The van der Waals surface area contributed by atoms with E-state index in [1.807, 2.05) is 42.9 Å². The van der Waals surface area contributed by atoms with Crippen LogP contribution in [0.2, 0.25) is 5.02 Å². The Hall–Kier alpha value is -3.25. The second kappa shape index (κ2) is 9.50. The van der Waals surface area contributed by atoms with Crippen molar-refractivity contribution in [2.75, 3.05) is 25.5 Å². The Morgan fingerprint density at radius 3 is 2.27 bits per heavy atom. The fourth-order valence-corrected chi connectivity index (χ4v) is 3.43. The number of rotatable bonds is 7. The van der Waals surface area contributed by atoms with Crippen LogP contribution >= 0.6 is 11.6 Å². The molecule has 0 radical (unpaired) electrons. The molecule has 1 heterocycles. The summed E-state index contributed by atoms with van der Waals surface area (Å²) in [7, 11) is 1.51. The Labute approximate surface area is 181 Å². The second-order valence-corrected chi connectivity index (χ2v) is 7.01. The Morgan fingerprint density at radius 1 is 1.07 bits per heavy atom. The number of hydrogen-bond acceptors (Lipinski definition) is 3. The van der Waals surface area contributed by atoms with Gasteiger partial charge in [0.25, 0.3) is 11.8 Å². The van der Waals surface area contributed by atoms with Crippen LogP contribution in [0, 0.1) is 0 Å². The Bertz CT molecular complexity index is 1030. The average Bonchev–Trinajstić information content (AvgIpc) is 3.29. The molecule has 1 aromatic heterocycles. The van der Waals surface area contributed by atoms with Crippen LogP contribution in [0.15, 0.2) is 60.9 Å². The standard InChI is InChI=1S/C23H24ClN3O3/c1-4-26(5-2)23(29)16-8-10-17(11-9-16)25-22(28)18-14-19(24)20(15-21(18)30-3)27-12-6-7-13-27/h6-15H,4-5H2,1-3H3,(H,25,28). The number of methoxy groups -OCH3 is 1. The summed E-state index contributed by atoms with van der Waals surface area (Å²) in [6, 6.07) is 13.9. The Kier molecular flexibility index (Phi) is 6.79. The number of halogens is 1. The molecular weight excluding hydrogens is 402 g/mol. The first-order valence-electron chi connectivity index (χ1n) is 9.70. The summed E-state index contributed by atoms with van der Waals surface area (Å²) in [4.78, 5) is 27.0. The molecule has 7 heteroatoms. The lowest BCUT2D eigenvalue weighted by Crippen LogP contribution is -2.30. The first-order chi connectivity index (χ1) is 14.5. The quantitative estimate of drug-likeness (QED) is 0.587. The van der Waals surface area contributed by atoms with Gasteiger partial charge in [-0.15, -0.1) is 0 Å². The maximum absolute atomic E-state index is 12.8. The summed E-state index contributed by atoms with van der Waals surface area (Å²) in [5.74, 6) is 0.0245. The molecule has 3 aromatic rings. The van der Waals surface area contributed by atoms with E-state index in [0.717, 1.165) is 0 Å². The van der Waals surface area contributed by atoms with Gasteiger partial charge >= 0.3 is 0 Å². The maximum Gasteiger partial charge on any atom is 0.259 e. The van der Waals surface area contributed by atoms with E-state index in [2.05, 4.69) is 5.32 Å². The molecule has 0 spiro atoms. The summed E-state index contributed by atoms with van der Waals surface area (Å²) < 4.78 is 7.26.